The summed E-state index contributed by atoms with van der Waals surface area (Å²) in [5.74, 6) is -0.615. The van der Waals surface area contributed by atoms with E-state index in [1.165, 1.54) is 37.5 Å². The number of esters is 1. The number of ether oxygens (including phenoxy) is 6. The average Bonchev–Trinajstić information content (AvgIpc) is 2.96. The molecule has 230 valence electrons. The van der Waals surface area contributed by atoms with E-state index in [9.17, 15) is 18.0 Å². The van der Waals surface area contributed by atoms with Crippen LogP contribution in [0.2, 0.25) is 0 Å². The van der Waals surface area contributed by atoms with E-state index in [2.05, 4.69) is 12.2 Å². The highest BCUT2D eigenvalue weighted by Crippen LogP contribution is 2.32. The summed E-state index contributed by atoms with van der Waals surface area (Å²) in [6.07, 6.45) is 0.314. The molecule has 2 aromatic rings. The van der Waals surface area contributed by atoms with Crippen LogP contribution in [0.15, 0.2) is 48.5 Å². The minimum absolute atomic E-state index is 0.0176. The largest absolute Gasteiger partial charge is 0.460 e. The fraction of sp³-hybridized carbons (Fsp3) is 0.567. The van der Waals surface area contributed by atoms with Crippen LogP contribution in [0.1, 0.15) is 48.5 Å². The van der Waals surface area contributed by atoms with Gasteiger partial charge in [-0.1, -0.05) is 44.4 Å². The van der Waals surface area contributed by atoms with Crippen LogP contribution in [-0.4, -0.2) is 78.6 Å². The van der Waals surface area contributed by atoms with Crippen molar-refractivity contribution >= 4 is 17.3 Å². The third-order valence-electron chi connectivity index (χ3n) is 5.71. The van der Waals surface area contributed by atoms with Gasteiger partial charge in [0.05, 0.1) is 76.3 Å². The maximum atomic E-state index is 13.0. The number of nitrogens with one attached hydrogen (secondary N) is 1. The Kier molecular flexibility index (Phi) is 17.7. The molecular formula is C30H42F3NO7. The van der Waals surface area contributed by atoms with E-state index in [1.54, 1.807) is 18.2 Å². The SMILES string of the molecule is CCCCCCOCCOCCOCCOCCOCCOC(=O)c1ccccc1Nc1cccc(C(F)(F)F)c1. The molecule has 0 amide bonds. The van der Waals surface area contributed by atoms with Gasteiger partial charge < -0.3 is 33.7 Å². The first-order valence-corrected chi connectivity index (χ1v) is 14.0. The van der Waals surface area contributed by atoms with Crippen molar-refractivity contribution in [2.45, 2.75) is 38.8 Å². The maximum absolute atomic E-state index is 13.0. The summed E-state index contributed by atoms with van der Waals surface area (Å²) in [5.41, 5.74) is -0.0472. The molecule has 0 unspecified atom stereocenters. The molecule has 11 heteroatoms. The molecule has 0 aliphatic carbocycles. The predicted octanol–water partition coefficient (Wildman–Crippen LogP) is 6.27. The standard InChI is InChI=1S/C30H42F3NO7/c1-2-3-4-7-13-36-14-15-37-16-17-38-18-19-39-20-21-40-22-23-41-29(35)27-11-5-6-12-28(27)34-26-10-8-9-25(24-26)30(31,32)33/h5-6,8-12,24,34H,2-4,7,13-23H2,1H3. The van der Waals surface area contributed by atoms with Crippen molar-refractivity contribution in [2.75, 3.05) is 78.0 Å². The van der Waals surface area contributed by atoms with E-state index in [-0.39, 0.29) is 24.5 Å². The molecule has 0 radical (unpaired) electrons. The molecule has 0 saturated carbocycles. The summed E-state index contributed by atoms with van der Waals surface area (Å²) < 4.78 is 71.5. The molecule has 8 nitrogen and oxygen atoms in total. The molecule has 0 bridgehead atoms. The number of anilines is 2. The van der Waals surface area contributed by atoms with Crippen LogP contribution in [0.3, 0.4) is 0 Å². The highest BCUT2D eigenvalue weighted by Gasteiger charge is 2.30. The van der Waals surface area contributed by atoms with Crippen LogP contribution in [0.25, 0.3) is 0 Å². The molecule has 0 saturated heterocycles. The number of carbonyl (C=O) groups excluding carboxylic acids is 1. The van der Waals surface area contributed by atoms with E-state index in [4.69, 9.17) is 28.4 Å². The van der Waals surface area contributed by atoms with Gasteiger partial charge in [0.1, 0.15) is 6.61 Å². The summed E-state index contributed by atoms with van der Waals surface area (Å²) in [7, 11) is 0. The van der Waals surface area contributed by atoms with E-state index in [1.807, 2.05) is 0 Å². The first kappa shape index (κ1) is 34.5. The number of para-hydroxylation sites is 1. The van der Waals surface area contributed by atoms with Gasteiger partial charge >= 0.3 is 12.1 Å². The number of benzene rings is 2. The van der Waals surface area contributed by atoms with Gasteiger partial charge in [-0.2, -0.15) is 13.2 Å². The molecule has 0 atom stereocenters. The lowest BCUT2D eigenvalue weighted by molar-refractivity contribution is -0.137. The second kappa shape index (κ2) is 21.1. The van der Waals surface area contributed by atoms with Gasteiger partial charge in [0.15, 0.2) is 0 Å². The Bertz CT molecular complexity index is 975. The Morgan fingerprint density at radius 1 is 0.683 bits per heavy atom. The number of hydrogen-bond acceptors (Lipinski definition) is 8. The Morgan fingerprint density at radius 3 is 1.83 bits per heavy atom. The van der Waals surface area contributed by atoms with Gasteiger partial charge in [-0.15, -0.1) is 0 Å². The fourth-order valence-corrected chi connectivity index (χ4v) is 3.58. The lowest BCUT2D eigenvalue weighted by atomic mass is 10.1. The molecule has 41 heavy (non-hydrogen) atoms. The number of rotatable bonds is 23. The van der Waals surface area contributed by atoms with Gasteiger partial charge in [0.2, 0.25) is 0 Å². The highest BCUT2D eigenvalue weighted by atomic mass is 19.4. The van der Waals surface area contributed by atoms with Gasteiger partial charge in [-0.05, 0) is 36.8 Å². The van der Waals surface area contributed by atoms with Crippen molar-refractivity contribution in [2.24, 2.45) is 0 Å². The van der Waals surface area contributed by atoms with Crippen LogP contribution >= 0.6 is 0 Å². The molecule has 2 aromatic carbocycles. The van der Waals surface area contributed by atoms with Gasteiger partial charge in [0.25, 0.3) is 0 Å². The van der Waals surface area contributed by atoms with Gasteiger partial charge in [-0.3, -0.25) is 0 Å². The van der Waals surface area contributed by atoms with Crippen molar-refractivity contribution in [3.63, 3.8) is 0 Å². The smallest absolute Gasteiger partial charge is 0.416 e. The third-order valence-corrected chi connectivity index (χ3v) is 5.71. The predicted molar refractivity (Wildman–Crippen MR) is 150 cm³/mol. The van der Waals surface area contributed by atoms with Crippen molar-refractivity contribution < 1.29 is 46.4 Å². The number of halogens is 3. The number of hydrogen-bond donors (Lipinski definition) is 1. The molecule has 1 N–H and O–H groups in total. The Labute approximate surface area is 240 Å². The fourth-order valence-electron chi connectivity index (χ4n) is 3.58. The number of alkyl halides is 3. The van der Waals surface area contributed by atoms with E-state index in [0.29, 0.717) is 58.5 Å². The summed E-state index contributed by atoms with van der Waals surface area (Å²) in [6.45, 7) is 6.88. The van der Waals surface area contributed by atoms with Gasteiger partial charge in [-0.25, -0.2) is 4.79 Å². The molecule has 0 aliphatic heterocycles. The summed E-state index contributed by atoms with van der Waals surface area (Å²) >= 11 is 0. The monoisotopic (exact) mass is 585 g/mol. The molecule has 0 fully saturated rings. The van der Waals surface area contributed by atoms with Crippen LogP contribution in [0.4, 0.5) is 24.5 Å². The second-order valence-corrected chi connectivity index (χ2v) is 9.01. The molecular weight excluding hydrogens is 543 g/mol. The summed E-state index contributed by atoms with van der Waals surface area (Å²) in [5, 5.41) is 2.86. The topological polar surface area (TPSA) is 84.5 Å². The average molecular weight is 586 g/mol. The quantitative estimate of drug-likeness (QED) is 0.121. The number of carbonyl (C=O) groups is 1. The molecule has 0 heterocycles. The van der Waals surface area contributed by atoms with Crippen LogP contribution in [-0.2, 0) is 34.6 Å². The second-order valence-electron chi connectivity index (χ2n) is 9.01. The highest BCUT2D eigenvalue weighted by molar-refractivity contribution is 5.96. The lowest BCUT2D eigenvalue weighted by Crippen LogP contribution is -2.15. The normalized spacial score (nSPS) is 11.5. The van der Waals surface area contributed by atoms with E-state index in [0.717, 1.165) is 25.2 Å². The molecule has 0 aliphatic rings. The van der Waals surface area contributed by atoms with Crippen molar-refractivity contribution in [3.8, 4) is 0 Å². The minimum Gasteiger partial charge on any atom is -0.460 e. The maximum Gasteiger partial charge on any atom is 0.416 e. The van der Waals surface area contributed by atoms with E-state index >= 15 is 0 Å². The van der Waals surface area contributed by atoms with Crippen molar-refractivity contribution in [1.29, 1.82) is 0 Å². The minimum atomic E-state index is -4.47. The van der Waals surface area contributed by atoms with Crippen LogP contribution in [0, 0.1) is 0 Å². The summed E-state index contributed by atoms with van der Waals surface area (Å²) in [4.78, 5) is 12.5. The third kappa shape index (κ3) is 15.8. The number of unbranched alkanes of at least 4 members (excludes halogenated alkanes) is 3. The summed E-state index contributed by atoms with van der Waals surface area (Å²) in [6, 6.07) is 11.2. The molecule has 2 rings (SSSR count). The van der Waals surface area contributed by atoms with Crippen LogP contribution < -0.4 is 5.32 Å². The molecule has 0 aromatic heterocycles. The lowest BCUT2D eigenvalue weighted by Gasteiger charge is -2.13. The Balaban J connectivity index is 1.47. The van der Waals surface area contributed by atoms with Crippen molar-refractivity contribution in [3.05, 3.63) is 59.7 Å². The zero-order chi connectivity index (χ0) is 29.6. The first-order chi connectivity index (χ1) is 19.9. The van der Waals surface area contributed by atoms with Crippen molar-refractivity contribution in [1.82, 2.24) is 0 Å². The zero-order valence-corrected chi connectivity index (χ0v) is 23.7. The van der Waals surface area contributed by atoms with E-state index < -0.39 is 17.7 Å². The van der Waals surface area contributed by atoms with Gasteiger partial charge in [0, 0.05) is 12.3 Å². The van der Waals surface area contributed by atoms with Crippen LogP contribution in [0.5, 0.6) is 0 Å². The first-order valence-electron chi connectivity index (χ1n) is 14.0. The Hall–Kier alpha value is -2.70. The Morgan fingerprint density at radius 2 is 1.24 bits per heavy atom. The molecule has 0 spiro atoms. The zero-order valence-electron chi connectivity index (χ0n) is 23.7.